The van der Waals surface area contributed by atoms with Crippen molar-refractivity contribution in [1.82, 2.24) is 0 Å². The predicted molar refractivity (Wildman–Crippen MR) is 85.2 cm³/mol. The lowest BCUT2D eigenvalue weighted by Crippen LogP contribution is -2.09. The van der Waals surface area contributed by atoms with E-state index in [-0.39, 0.29) is 10.7 Å². The van der Waals surface area contributed by atoms with Crippen molar-refractivity contribution in [2.45, 2.75) is 24.1 Å². The fourth-order valence-electron chi connectivity index (χ4n) is 2.42. The number of hydrogen-bond donors (Lipinski definition) is 1. The van der Waals surface area contributed by atoms with Crippen LogP contribution in [0.5, 0.6) is 0 Å². The van der Waals surface area contributed by atoms with E-state index in [1.165, 1.54) is 5.56 Å². The van der Waals surface area contributed by atoms with Crippen LogP contribution in [0.3, 0.4) is 0 Å². The van der Waals surface area contributed by atoms with Gasteiger partial charge >= 0.3 is 0 Å². The van der Waals surface area contributed by atoms with Crippen molar-refractivity contribution in [2.24, 2.45) is 0 Å². The van der Waals surface area contributed by atoms with E-state index in [9.17, 15) is 4.79 Å². The third-order valence-electron chi connectivity index (χ3n) is 3.47. The second-order valence-electron chi connectivity index (χ2n) is 4.83. The molecular formula is C15H13Br2NO2. The summed E-state index contributed by atoms with van der Waals surface area (Å²) in [4.78, 5) is 11.6. The molecule has 0 fully saturated rings. The molecule has 1 unspecified atom stereocenters. The third-order valence-corrected chi connectivity index (χ3v) is 5.13. The number of halogens is 2. The van der Waals surface area contributed by atoms with E-state index >= 15 is 0 Å². The molecule has 0 saturated carbocycles. The van der Waals surface area contributed by atoms with Crippen LogP contribution in [-0.4, -0.2) is 5.91 Å². The van der Waals surface area contributed by atoms with Crippen LogP contribution in [0.2, 0.25) is 0 Å². The zero-order valence-electron chi connectivity index (χ0n) is 10.7. The monoisotopic (exact) mass is 397 g/mol. The number of benzene rings is 1. The van der Waals surface area contributed by atoms with Crippen LogP contribution in [0.1, 0.15) is 34.4 Å². The van der Waals surface area contributed by atoms with Crippen molar-refractivity contribution in [2.75, 3.05) is 5.32 Å². The van der Waals surface area contributed by atoms with Crippen LogP contribution in [-0.2, 0) is 11.2 Å². The molecule has 0 radical (unpaired) electrons. The molecule has 0 bridgehead atoms. The van der Waals surface area contributed by atoms with Crippen molar-refractivity contribution in [3.8, 4) is 0 Å². The summed E-state index contributed by atoms with van der Waals surface area (Å²) in [7, 11) is 0. The lowest BCUT2D eigenvalue weighted by molar-refractivity contribution is -0.116. The van der Waals surface area contributed by atoms with Gasteiger partial charge in [0.25, 0.3) is 0 Å². The number of hydrogen-bond acceptors (Lipinski definition) is 2. The summed E-state index contributed by atoms with van der Waals surface area (Å²) >= 11 is 7.11. The highest BCUT2D eigenvalue weighted by molar-refractivity contribution is 9.10. The van der Waals surface area contributed by atoms with E-state index in [0.29, 0.717) is 6.42 Å². The molecule has 1 aliphatic heterocycles. The molecule has 3 rings (SSSR count). The molecule has 1 N–H and O–H groups in total. The molecule has 1 aliphatic rings. The highest BCUT2D eigenvalue weighted by Crippen LogP contribution is 2.37. The minimum absolute atomic E-state index is 0.0693. The van der Waals surface area contributed by atoms with Crippen LogP contribution in [0.25, 0.3) is 0 Å². The Balaban J connectivity index is 1.94. The fourth-order valence-corrected chi connectivity index (χ4v) is 3.84. The lowest BCUT2D eigenvalue weighted by Gasteiger charge is -2.13. The van der Waals surface area contributed by atoms with Crippen molar-refractivity contribution in [3.63, 3.8) is 0 Å². The smallest absolute Gasteiger partial charge is 0.224 e. The zero-order chi connectivity index (χ0) is 14.1. The van der Waals surface area contributed by atoms with Crippen molar-refractivity contribution in [3.05, 3.63) is 51.9 Å². The van der Waals surface area contributed by atoms with Gasteiger partial charge in [-0.25, -0.2) is 0 Å². The molecule has 3 nitrogen and oxygen atoms in total. The minimum atomic E-state index is 0.0693. The number of furan rings is 1. The van der Waals surface area contributed by atoms with Crippen LogP contribution in [0, 0.1) is 0 Å². The Morgan fingerprint density at radius 3 is 2.85 bits per heavy atom. The van der Waals surface area contributed by atoms with Gasteiger partial charge in [-0.15, -0.1) is 0 Å². The molecule has 0 saturated heterocycles. The number of amides is 1. The Hall–Kier alpha value is -1.07. The molecule has 1 atom stereocenters. The molecule has 1 aromatic carbocycles. The quantitative estimate of drug-likeness (QED) is 0.738. The summed E-state index contributed by atoms with van der Waals surface area (Å²) in [6.45, 7) is 0. The first kappa shape index (κ1) is 13.9. The molecule has 0 aliphatic carbocycles. The number of alkyl halides is 1. The van der Waals surface area contributed by atoms with E-state index in [0.717, 1.165) is 34.3 Å². The molecular weight excluding hydrogens is 386 g/mol. The number of anilines is 1. The second-order valence-corrected chi connectivity index (χ2v) is 6.47. The first-order valence-corrected chi connectivity index (χ1v) is 8.15. The summed E-state index contributed by atoms with van der Waals surface area (Å²) in [6, 6.07) is 8.11. The molecule has 0 spiro atoms. The van der Waals surface area contributed by atoms with Crippen LogP contribution in [0.4, 0.5) is 5.69 Å². The van der Waals surface area contributed by atoms with Crippen molar-refractivity contribution in [1.29, 1.82) is 0 Å². The third kappa shape index (κ3) is 2.69. The first-order chi connectivity index (χ1) is 9.65. The van der Waals surface area contributed by atoms with Gasteiger partial charge in [0.05, 0.1) is 11.1 Å². The summed E-state index contributed by atoms with van der Waals surface area (Å²) in [5, 5.41) is 2.95. The van der Waals surface area contributed by atoms with Crippen molar-refractivity contribution >= 4 is 43.5 Å². The van der Waals surface area contributed by atoms with Gasteiger partial charge in [0.15, 0.2) is 4.67 Å². The molecule has 20 heavy (non-hydrogen) atoms. The van der Waals surface area contributed by atoms with E-state index in [2.05, 4.69) is 43.2 Å². The summed E-state index contributed by atoms with van der Waals surface area (Å²) in [5.41, 5.74) is 4.34. The van der Waals surface area contributed by atoms with E-state index in [4.69, 9.17) is 4.42 Å². The van der Waals surface area contributed by atoms with E-state index < -0.39 is 0 Å². The Morgan fingerprint density at radius 2 is 2.10 bits per heavy atom. The fraction of sp³-hybridized carbons (Fsp3) is 0.267. The average Bonchev–Trinajstić information content (AvgIpc) is 2.76. The van der Waals surface area contributed by atoms with E-state index in [1.54, 1.807) is 6.26 Å². The normalized spacial score (nSPS) is 16.2. The predicted octanol–water partition coefficient (Wildman–Crippen LogP) is 4.80. The summed E-state index contributed by atoms with van der Waals surface area (Å²) < 4.78 is 6.02. The average molecular weight is 399 g/mol. The highest BCUT2D eigenvalue weighted by Gasteiger charge is 2.19. The van der Waals surface area contributed by atoms with Gasteiger partial charge in [0.1, 0.15) is 0 Å². The van der Waals surface area contributed by atoms with Crippen LogP contribution in [0.15, 0.2) is 39.6 Å². The van der Waals surface area contributed by atoms with Crippen molar-refractivity contribution < 1.29 is 9.21 Å². The second kappa shape index (κ2) is 5.74. The van der Waals surface area contributed by atoms with Gasteiger partial charge in [-0.05, 0) is 52.0 Å². The van der Waals surface area contributed by atoms with Crippen LogP contribution >= 0.6 is 31.9 Å². The largest absolute Gasteiger partial charge is 0.457 e. The Labute approximate surface area is 134 Å². The van der Waals surface area contributed by atoms with Crippen LogP contribution < -0.4 is 5.32 Å². The molecule has 104 valence electrons. The molecule has 2 aromatic rings. The number of fused-ring (bicyclic) bond motifs is 1. The standard InChI is InChI=1S/C15H13Br2NO2/c16-14(11-6-7-20-15(11)17)10-4-5-12-9(8-10)2-1-3-13(19)18-12/h4-8,14H,1-3H2,(H,18,19). The number of rotatable bonds is 2. The summed E-state index contributed by atoms with van der Waals surface area (Å²) in [6.07, 6.45) is 4.07. The van der Waals surface area contributed by atoms with Gasteiger partial charge in [-0.2, -0.15) is 0 Å². The number of aryl methyl sites for hydroxylation is 1. The maximum absolute atomic E-state index is 11.6. The van der Waals surface area contributed by atoms with Gasteiger partial charge in [0, 0.05) is 17.7 Å². The minimum Gasteiger partial charge on any atom is -0.457 e. The van der Waals surface area contributed by atoms with E-state index in [1.807, 2.05) is 18.2 Å². The highest BCUT2D eigenvalue weighted by atomic mass is 79.9. The molecule has 2 heterocycles. The topological polar surface area (TPSA) is 42.2 Å². The Kier molecular flexibility index (Phi) is 3.98. The zero-order valence-corrected chi connectivity index (χ0v) is 13.8. The number of nitrogens with one attached hydrogen (secondary N) is 1. The maximum atomic E-state index is 11.6. The van der Waals surface area contributed by atoms with Gasteiger partial charge in [-0.3, -0.25) is 4.79 Å². The van der Waals surface area contributed by atoms with Gasteiger partial charge in [0.2, 0.25) is 5.91 Å². The van der Waals surface area contributed by atoms with Gasteiger partial charge < -0.3 is 9.73 Å². The number of carbonyl (C=O) groups is 1. The Morgan fingerprint density at radius 1 is 1.25 bits per heavy atom. The Bertz CT molecular complexity index is 651. The van der Waals surface area contributed by atoms with Gasteiger partial charge in [-0.1, -0.05) is 28.1 Å². The molecule has 5 heteroatoms. The molecule has 1 amide bonds. The SMILES string of the molecule is O=C1CCCc2cc(C(Br)c3ccoc3Br)ccc2N1. The summed E-state index contributed by atoms with van der Waals surface area (Å²) in [5.74, 6) is 0.101. The molecule has 1 aromatic heterocycles. The first-order valence-electron chi connectivity index (χ1n) is 6.45. The lowest BCUT2D eigenvalue weighted by atomic mass is 10.0. The number of carbonyl (C=O) groups excluding carboxylic acids is 1. The maximum Gasteiger partial charge on any atom is 0.224 e.